The number of hydrogen-bond donors (Lipinski definition) is 7. The van der Waals surface area contributed by atoms with Gasteiger partial charge in [0.15, 0.2) is 17.4 Å². The third kappa shape index (κ3) is 5.52. The average molecular weight is 567 g/mol. The molecule has 194 valence electrons. The summed E-state index contributed by atoms with van der Waals surface area (Å²) in [7, 11) is -17.6. The molecule has 1 aliphatic heterocycles. The zero-order valence-corrected chi connectivity index (χ0v) is 19.2. The Bertz CT molecular complexity index is 1400. The molecule has 1 saturated heterocycles. The molecule has 1 aliphatic rings. The standard InChI is InChI=1S/C12H14F2N5O13P3/c1-2-11(21)8(13)12(14,3-29-34(25,26)32-35(27,28)31-33(22,23)24)30-9(11)19-4-16-5-6(19)17-10(15)18-7(5)20/h1,4,8-9,21H,3H2,(H,25,26)(H,27,28)(H2,22,23,24)(H3,15,17,18,20). The molecule has 1 fully saturated rings. The van der Waals surface area contributed by atoms with E-state index in [1.807, 2.05) is 0 Å². The van der Waals surface area contributed by atoms with Crippen molar-refractivity contribution in [3.05, 3.63) is 16.7 Å². The molecule has 0 aromatic carbocycles. The van der Waals surface area contributed by atoms with Crippen LogP contribution in [0.25, 0.3) is 11.2 Å². The SMILES string of the molecule is C#CC1(O)C(n2cnc3c(=O)[nH]c(N)nc32)OC(F)(COP(=O)(O)OP(=O)(O)OP(=O)(O)O)C1F. The van der Waals surface area contributed by atoms with E-state index in [9.17, 15) is 32.9 Å². The lowest BCUT2D eigenvalue weighted by atomic mass is 9.95. The Labute approximate surface area is 191 Å². The summed E-state index contributed by atoms with van der Waals surface area (Å²) in [5.74, 6) is -2.77. The Morgan fingerprint density at radius 2 is 1.91 bits per heavy atom. The number of nitrogens with two attached hydrogens (primary N) is 1. The molecule has 0 bridgehead atoms. The van der Waals surface area contributed by atoms with Gasteiger partial charge in [0.1, 0.15) is 6.61 Å². The van der Waals surface area contributed by atoms with Crippen LogP contribution in [0.15, 0.2) is 11.1 Å². The lowest BCUT2D eigenvalue weighted by Gasteiger charge is -2.25. The topological polar surface area (TPSA) is 279 Å². The number of nitrogens with one attached hydrogen (secondary N) is 1. The van der Waals surface area contributed by atoms with Gasteiger partial charge in [-0.15, -0.1) is 6.42 Å². The molecule has 0 radical (unpaired) electrons. The van der Waals surface area contributed by atoms with Crippen molar-refractivity contribution < 1.29 is 65.0 Å². The summed E-state index contributed by atoms with van der Waals surface area (Å²) in [4.78, 5) is 56.9. The second kappa shape index (κ2) is 8.78. The van der Waals surface area contributed by atoms with Gasteiger partial charge in [0.05, 0.1) is 6.33 Å². The Morgan fingerprint density at radius 1 is 1.29 bits per heavy atom. The zero-order chi connectivity index (χ0) is 26.6. The Kier molecular flexibility index (Phi) is 6.90. The molecule has 8 N–H and O–H groups in total. The van der Waals surface area contributed by atoms with Crippen LogP contribution in [-0.2, 0) is 31.6 Å². The number of H-pyrrole nitrogens is 1. The largest absolute Gasteiger partial charge is 0.490 e. The van der Waals surface area contributed by atoms with E-state index in [0.717, 1.165) is 6.33 Å². The number of rotatable bonds is 8. The number of anilines is 1. The average Bonchev–Trinajstić information content (AvgIpc) is 3.18. The molecule has 6 unspecified atom stereocenters. The molecule has 18 nitrogen and oxygen atoms in total. The van der Waals surface area contributed by atoms with Crippen molar-refractivity contribution in [3.63, 3.8) is 0 Å². The molecular weight excluding hydrogens is 553 g/mol. The second-order valence-corrected chi connectivity index (χ2v) is 11.1. The third-order valence-electron chi connectivity index (χ3n) is 4.22. The lowest BCUT2D eigenvalue weighted by molar-refractivity contribution is -0.193. The maximum atomic E-state index is 15.3. The lowest BCUT2D eigenvalue weighted by Crippen LogP contribution is -2.47. The summed E-state index contributed by atoms with van der Waals surface area (Å²) in [5.41, 5.74) is 0.535. The third-order valence-corrected chi connectivity index (χ3v) is 8.01. The van der Waals surface area contributed by atoms with E-state index in [0.29, 0.717) is 4.57 Å². The van der Waals surface area contributed by atoms with Gasteiger partial charge in [0.25, 0.3) is 11.4 Å². The highest BCUT2D eigenvalue weighted by Crippen LogP contribution is 2.66. The normalized spacial score (nSPS) is 30.6. The Hall–Kier alpha value is -2.10. The highest BCUT2D eigenvalue weighted by atomic mass is 31.3. The summed E-state index contributed by atoms with van der Waals surface area (Å²) in [5, 5.41) is 10.6. The minimum atomic E-state index is -5.96. The van der Waals surface area contributed by atoms with E-state index >= 15 is 4.39 Å². The van der Waals surface area contributed by atoms with Crippen LogP contribution < -0.4 is 11.3 Å². The van der Waals surface area contributed by atoms with Crippen molar-refractivity contribution in [3.8, 4) is 12.3 Å². The highest BCUT2D eigenvalue weighted by molar-refractivity contribution is 7.66. The van der Waals surface area contributed by atoms with Crippen molar-refractivity contribution in [2.45, 2.75) is 23.9 Å². The van der Waals surface area contributed by atoms with Crippen molar-refractivity contribution in [1.82, 2.24) is 19.5 Å². The van der Waals surface area contributed by atoms with E-state index in [-0.39, 0.29) is 0 Å². The number of aromatic amines is 1. The molecule has 2 aromatic rings. The van der Waals surface area contributed by atoms with Gasteiger partial charge in [-0.25, -0.2) is 27.5 Å². The first-order chi connectivity index (χ1) is 15.8. The number of nitrogens with zero attached hydrogens (tertiary/aromatic N) is 3. The van der Waals surface area contributed by atoms with E-state index in [2.05, 4.69) is 28.1 Å². The fourth-order valence-corrected chi connectivity index (χ4v) is 5.93. The minimum absolute atomic E-state index is 0.401. The number of fused-ring (bicyclic) bond motifs is 1. The van der Waals surface area contributed by atoms with E-state index in [1.54, 1.807) is 5.92 Å². The number of nitrogen functional groups attached to an aromatic ring is 1. The van der Waals surface area contributed by atoms with Crippen LogP contribution in [0.1, 0.15) is 6.23 Å². The van der Waals surface area contributed by atoms with E-state index in [4.69, 9.17) is 31.6 Å². The fourth-order valence-electron chi connectivity index (χ4n) is 2.90. The molecule has 3 heterocycles. The molecule has 2 aromatic heterocycles. The first-order valence-corrected chi connectivity index (χ1v) is 13.1. The zero-order valence-electron chi connectivity index (χ0n) is 16.5. The van der Waals surface area contributed by atoms with Crippen LogP contribution in [0, 0.1) is 12.3 Å². The van der Waals surface area contributed by atoms with Gasteiger partial charge >= 0.3 is 23.5 Å². The van der Waals surface area contributed by atoms with Crippen LogP contribution in [-0.4, -0.2) is 68.4 Å². The number of alkyl halides is 2. The van der Waals surface area contributed by atoms with Gasteiger partial charge in [0.2, 0.25) is 17.7 Å². The molecule has 0 spiro atoms. The maximum absolute atomic E-state index is 15.3. The number of ether oxygens (including phenoxy) is 1. The number of hydrogen-bond acceptors (Lipinski definition) is 12. The molecular formula is C12H14F2N5O13P3. The minimum Gasteiger partial charge on any atom is -0.371 e. The summed E-state index contributed by atoms with van der Waals surface area (Å²) >= 11 is 0. The number of halogens is 2. The van der Waals surface area contributed by atoms with Crippen molar-refractivity contribution in [1.29, 1.82) is 0 Å². The number of imidazole rings is 1. The molecule has 0 aliphatic carbocycles. The highest BCUT2D eigenvalue weighted by Gasteiger charge is 2.67. The van der Waals surface area contributed by atoms with Crippen LogP contribution >= 0.6 is 23.5 Å². The van der Waals surface area contributed by atoms with Crippen LogP contribution in [0.5, 0.6) is 0 Å². The van der Waals surface area contributed by atoms with Crippen molar-refractivity contribution >= 4 is 40.6 Å². The second-order valence-electron chi connectivity index (χ2n) is 6.73. The van der Waals surface area contributed by atoms with E-state index in [1.165, 1.54) is 0 Å². The Balaban J connectivity index is 1.89. The summed E-state index contributed by atoms with van der Waals surface area (Å²) < 4.78 is 80.5. The molecule has 3 rings (SSSR count). The number of aromatic nitrogens is 4. The monoisotopic (exact) mass is 567 g/mol. The van der Waals surface area contributed by atoms with Gasteiger partial charge in [-0.3, -0.25) is 18.9 Å². The van der Waals surface area contributed by atoms with Crippen molar-refractivity contribution in [2.75, 3.05) is 12.3 Å². The predicted molar refractivity (Wildman–Crippen MR) is 105 cm³/mol. The first kappa shape index (κ1) is 27.5. The van der Waals surface area contributed by atoms with Crippen molar-refractivity contribution in [2.24, 2.45) is 0 Å². The van der Waals surface area contributed by atoms with Crippen LogP contribution in [0.3, 0.4) is 0 Å². The van der Waals surface area contributed by atoms with E-state index < -0.39 is 76.6 Å². The van der Waals surface area contributed by atoms with Gasteiger partial charge in [-0.1, -0.05) is 5.92 Å². The predicted octanol–water partition coefficient (Wildman–Crippen LogP) is -1.06. The number of terminal acetylenes is 1. The molecule has 23 heteroatoms. The summed E-state index contributed by atoms with van der Waals surface area (Å²) in [6.45, 7) is -1.94. The quantitative estimate of drug-likeness (QED) is 0.148. The van der Waals surface area contributed by atoms with Gasteiger partial charge < -0.3 is 35.2 Å². The molecule has 0 amide bonds. The smallest absolute Gasteiger partial charge is 0.371 e. The fraction of sp³-hybridized carbons (Fsp3) is 0.417. The summed E-state index contributed by atoms with van der Waals surface area (Å²) in [6, 6.07) is 0. The van der Waals surface area contributed by atoms with Crippen LogP contribution in [0.4, 0.5) is 14.7 Å². The Morgan fingerprint density at radius 3 is 2.49 bits per heavy atom. The number of aliphatic hydroxyl groups is 1. The number of phosphoric acid groups is 3. The summed E-state index contributed by atoms with van der Waals surface area (Å²) in [6.07, 6.45) is 0.437. The van der Waals surface area contributed by atoms with Crippen LogP contribution in [0.2, 0.25) is 0 Å². The molecule has 6 atom stereocenters. The number of phosphoric ester groups is 1. The van der Waals surface area contributed by atoms with Gasteiger partial charge in [-0.2, -0.15) is 13.6 Å². The van der Waals surface area contributed by atoms with Gasteiger partial charge in [0, 0.05) is 0 Å². The maximum Gasteiger partial charge on any atom is 0.490 e. The molecule has 35 heavy (non-hydrogen) atoms. The molecule has 0 saturated carbocycles. The van der Waals surface area contributed by atoms with Gasteiger partial charge in [-0.05, 0) is 0 Å². The first-order valence-electron chi connectivity index (χ1n) is 8.54.